The molecule has 0 aromatic heterocycles. The van der Waals surface area contributed by atoms with Crippen molar-refractivity contribution in [3.8, 4) is 0 Å². The van der Waals surface area contributed by atoms with E-state index in [1.807, 2.05) is 13.8 Å². The van der Waals surface area contributed by atoms with E-state index in [1.165, 1.54) is 0 Å². The quantitative estimate of drug-likeness (QED) is 0.667. The Balaban J connectivity index is 4.19. The Hall–Kier alpha value is -0.130. The standard InChI is InChI=1S/C9H22N2O2S/c1-5-6-8(2)11-14(12,13)9(3)7-10-4/h8-11H,5-7H2,1-4H3. The van der Waals surface area contributed by atoms with E-state index in [0.717, 1.165) is 12.8 Å². The zero-order chi connectivity index (χ0) is 11.2. The predicted molar refractivity (Wildman–Crippen MR) is 59.8 cm³/mol. The smallest absolute Gasteiger partial charge is 0.215 e. The maximum atomic E-state index is 11.7. The van der Waals surface area contributed by atoms with Crippen LogP contribution in [0.4, 0.5) is 0 Å². The van der Waals surface area contributed by atoms with E-state index < -0.39 is 10.0 Å². The van der Waals surface area contributed by atoms with Crippen molar-refractivity contribution in [2.45, 2.75) is 44.9 Å². The number of nitrogens with one attached hydrogen (secondary N) is 2. The first-order valence-corrected chi connectivity index (χ1v) is 6.64. The molecule has 4 nitrogen and oxygen atoms in total. The summed E-state index contributed by atoms with van der Waals surface area (Å²) in [6.07, 6.45) is 1.87. The van der Waals surface area contributed by atoms with Crippen LogP contribution in [-0.4, -0.2) is 33.3 Å². The van der Waals surface area contributed by atoms with Crippen molar-refractivity contribution < 1.29 is 8.42 Å². The molecule has 0 spiro atoms. The molecular formula is C9H22N2O2S. The van der Waals surface area contributed by atoms with Crippen molar-refractivity contribution in [1.29, 1.82) is 0 Å². The van der Waals surface area contributed by atoms with Gasteiger partial charge >= 0.3 is 0 Å². The van der Waals surface area contributed by atoms with Crippen LogP contribution in [0.5, 0.6) is 0 Å². The van der Waals surface area contributed by atoms with Crippen LogP contribution in [0.2, 0.25) is 0 Å². The maximum absolute atomic E-state index is 11.7. The molecule has 2 unspecified atom stereocenters. The minimum Gasteiger partial charge on any atom is -0.318 e. The highest BCUT2D eigenvalue weighted by atomic mass is 32.2. The third kappa shape index (κ3) is 4.93. The van der Waals surface area contributed by atoms with E-state index in [1.54, 1.807) is 14.0 Å². The molecule has 0 radical (unpaired) electrons. The summed E-state index contributed by atoms with van der Waals surface area (Å²) in [5.41, 5.74) is 0. The molecule has 0 amide bonds. The van der Waals surface area contributed by atoms with Crippen molar-refractivity contribution in [3.63, 3.8) is 0 Å². The van der Waals surface area contributed by atoms with Crippen LogP contribution >= 0.6 is 0 Å². The highest BCUT2D eigenvalue weighted by Gasteiger charge is 2.21. The molecule has 0 aliphatic rings. The molecule has 2 atom stereocenters. The highest BCUT2D eigenvalue weighted by Crippen LogP contribution is 2.02. The third-order valence-electron chi connectivity index (χ3n) is 2.11. The van der Waals surface area contributed by atoms with Crippen molar-refractivity contribution >= 4 is 10.0 Å². The summed E-state index contributed by atoms with van der Waals surface area (Å²) in [6, 6.07) is 0.0318. The Morgan fingerprint density at radius 3 is 2.29 bits per heavy atom. The Morgan fingerprint density at radius 1 is 1.29 bits per heavy atom. The lowest BCUT2D eigenvalue weighted by Gasteiger charge is -2.17. The second-order valence-electron chi connectivity index (χ2n) is 3.72. The molecule has 2 N–H and O–H groups in total. The number of hydrogen-bond acceptors (Lipinski definition) is 3. The first-order chi connectivity index (χ1) is 6.44. The SMILES string of the molecule is CCCC(C)NS(=O)(=O)C(C)CNC. The Kier molecular flexibility index (Phi) is 6.31. The van der Waals surface area contributed by atoms with E-state index in [2.05, 4.69) is 10.0 Å². The highest BCUT2D eigenvalue weighted by molar-refractivity contribution is 7.90. The van der Waals surface area contributed by atoms with Crippen LogP contribution in [0, 0.1) is 0 Å². The molecule has 14 heavy (non-hydrogen) atoms. The zero-order valence-corrected chi connectivity index (χ0v) is 10.3. The summed E-state index contributed by atoms with van der Waals surface area (Å²) in [7, 11) is -1.40. The molecule has 0 saturated heterocycles. The number of rotatable bonds is 7. The molecule has 0 rings (SSSR count). The maximum Gasteiger partial charge on any atom is 0.215 e. The lowest BCUT2D eigenvalue weighted by Crippen LogP contribution is -2.42. The molecular weight excluding hydrogens is 200 g/mol. The van der Waals surface area contributed by atoms with Crippen molar-refractivity contribution in [3.05, 3.63) is 0 Å². The zero-order valence-electron chi connectivity index (χ0n) is 9.50. The van der Waals surface area contributed by atoms with Gasteiger partial charge in [0.15, 0.2) is 0 Å². The monoisotopic (exact) mass is 222 g/mol. The second kappa shape index (κ2) is 6.37. The van der Waals surface area contributed by atoms with Gasteiger partial charge in [-0.25, -0.2) is 13.1 Å². The van der Waals surface area contributed by atoms with Gasteiger partial charge in [-0.2, -0.15) is 0 Å². The van der Waals surface area contributed by atoms with Gasteiger partial charge in [-0.05, 0) is 27.3 Å². The minimum atomic E-state index is -3.16. The van der Waals surface area contributed by atoms with E-state index in [9.17, 15) is 8.42 Å². The summed E-state index contributed by atoms with van der Waals surface area (Å²) in [4.78, 5) is 0. The van der Waals surface area contributed by atoms with E-state index in [4.69, 9.17) is 0 Å². The van der Waals surface area contributed by atoms with Crippen LogP contribution in [-0.2, 0) is 10.0 Å². The minimum absolute atomic E-state index is 0.0318. The van der Waals surface area contributed by atoms with E-state index in [-0.39, 0.29) is 11.3 Å². The fourth-order valence-electron chi connectivity index (χ4n) is 1.29. The van der Waals surface area contributed by atoms with Crippen LogP contribution in [0.15, 0.2) is 0 Å². The molecule has 0 bridgehead atoms. The number of hydrogen-bond donors (Lipinski definition) is 2. The fraction of sp³-hybridized carbons (Fsp3) is 1.00. The van der Waals surface area contributed by atoms with Gasteiger partial charge < -0.3 is 5.32 Å². The first kappa shape index (κ1) is 13.9. The summed E-state index contributed by atoms with van der Waals surface area (Å²) in [5.74, 6) is 0. The van der Waals surface area contributed by atoms with Gasteiger partial charge in [-0.3, -0.25) is 0 Å². The van der Waals surface area contributed by atoms with Crippen LogP contribution < -0.4 is 10.0 Å². The Morgan fingerprint density at radius 2 is 1.86 bits per heavy atom. The van der Waals surface area contributed by atoms with Crippen LogP contribution in [0.3, 0.4) is 0 Å². The molecule has 5 heteroatoms. The molecule has 0 aromatic rings. The average Bonchev–Trinajstić information content (AvgIpc) is 2.03. The molecule has 0 fully saturated rings. The fourth-order valence-corrected chi connectivity index (χ4v) is 2.58. The van der Waals surface area contributed by atoms with Gasteiger partial charge in [0, 0.05) is 12.6 Å². The predicted octanol–water partition coefficient (Wildman–Crippen LogP) is 0.702. The van der Waals surface area contributed by atoms with E-state index >= 15 is 0 Å². The molecule has 0 saturated carbocycles. The third-order valence-corrected chi connectivity index (χ3v) is 4.07. The molecule has 0 aliphatic carbocycles. The van der Waals surface area contributed by atoms with Gasteiger partial charge in [0.1, 0.15) is 0 Å². The van der Waals surface area contributed by atoms with Crippen molar-refractivity contribution in [2.75, 3.05) is 13.6 Å². The largest absolute Gasteiger partial charge is 0.318 e. The first-order valence-electron chi connectivity index (χ1n) is 5.09. The summed E-state index contributed by atoms with van der Waals surface area (Å²) >= 11 is 0. The molecule has 86 valence electrons. The summed E-state index contributed by atoms with van der Waals surface area (Å²) in [5, 5.41) is 2.48. The van der Waals surface area contributed by atoms with Gasteiger partial charge in [-0.1, -0.05) is 13.3 Å². The van der Waals surface area contributed by atoms with Gasteiger partial charge in [0.2, 0.25) is 10.0 Å². The van der Waals surface area contributed by atoms with Crippen LogP contribution in [0.25, 0.3) is 0 Å². The normalized spacial score (nSPS) is 16.6. The van der Waals surface area contributed by atoms with Crippen LogP contribution in [0.1, 0.15) is 33.6 Å². The summed E-state index contributed by atoms with van der Waals surface area (Å²) in [6.45, 7) is 6.13. The Bertz CT molecular complexity index is 239. The summed E-state index contributed by atoms with van der Waals surface area (Å²) < 4.78 is 26.0. The molecule has 0 aliphatic heterocycles. The lowest BCUT2D eigenvalue weighted by atomic mass is 10.2. The van der Waals surface area contributed by atoms with Gasteiger partial charge in [0.05, 0.1) is 5.25 Å². The van der Waals surface area contributed by atoms with Gasteiger partial charge in [0.25, 0.3) is 0 Å². The van der Waals surface area contributed by atoms with Crippen molar-refractivity contribution in [1.82, 2.24) is 10.0 Å². The van der Waals surface area contributed by atoms with Crippen molar-refractivity contribution in [2.24, 2.45) is 0 Å². The molecule has 0 aromatic carbocycles. The van der Waals surface area contributed by atoms with E-state index in [0.29, 0.717) is 6.54 Å². The molecule has 0 heterocycles. The number of sulfonamides is 1. The second-order valence-corrected chi connectivity index (χ2v) is 5.85. The Labute approximate surface area is 87.5 Å². The lowest BCUT2D eigenvalue weighted by molar-refractivity contribution is 0.531. The average molecular weight is 222 g/mol. The van der Waals surface area contributed by atoms with Gasteiger partial charge in [-0.15, -0.1) is 0 Å². The topological polar surface area (TPSA) is 58.2 Å².